The summed E-state index contributed by atoms with van der Waals surface area (Å²) < 4.78 is 0. The lowest BCUT2D eigenvalue weighted by Gasteiger charge is -2.23. The van der Waals surface area contributed by atoms with Crippen LogP contribution in [0.3, 0.4) is 0 Å². The van der Waals surface area contributed by atoms with E-state index in [4.69, 9.17) is 0 Å². The number of hydrogen-bond donors (Lipinski definition) is 1. The Hall–Kier alpha value is -2.36. The second-order valence-corrected chi connectivity index (χ2v) is 4.68. The zero-order valence-corrected chi connectivity index (χ0v) is 12.1. The molecule has 0 saturated carbocycles. The van der Waals surface area contributed by atoms with E-state index in [0.29, 0.717) is 12.2 Å². The van der Waals surface area contributed by atoms with Crippen LogP contribution in [0.5, 0.6) is 0 Å². The molecule has 0 unspecified atom stereocenters. The maximum absolute atomic E-state index is 12.2. The number of amides is 1. The molecule has 104 valence electrons. The molecular weight excluding hydrogens is 250 g/mol. The van der Waals surface area contributed by atoms with E-state index in [1.54, 1.807) is 6.07 Å². The molecule has 0 saturated heterocycles. The lowest BCUT2D eigenvalue weighted by molar-refractivity contribution is 0.0944. The van der Waals surface area contributed by atoms with Crippen LogP contribution in [0.25, 0.3) is 0 Å². The molecular formula is C16H19N3O. The SMILES string of the molecule is CCN(NC(=O)c1cccc(C)n1)c1ccc(C)cc1. The number of pyridine rings is 1. The van der Waals surface area contributed by atoms with Gasteiger partial charge in [0.25, 0.3) is 5.91 Å². The van der Waals surface area contributed by atoms with Crippen LogP contribution in [0.15, 0.2) is 42.5 Å². The fourth-order valence-electron chi connectivity index (χ4n) is 1.90. The standard InChI is InChI=1S/C16H19N3O/c1-4-19(14-10-8-12(2)9-11-14)18-16(20)15-7-5-6-13(3)17-15/h5-11H,4H2,1-3H3,(H,18,20). The van der Waals surface area contributed by atoms with Gasteiger partial charge >= 0.3 is 0 Å². The van der Waals surface area contributed by atoms with Gasteiger partial charge in [-0.3, -0.25) is 15.2 Å². The van der Waals surface area contributed by atoms with Gasteiger partial charge in [0.05, 0.1) is 5.69 Å². The van der Waals surface area contributed by atoms with Gasteiger partial charge in [-0.15, -0.1) is 0 Å². The predicted molar refractivity (Wildman–Crippen MR) is 80.6 cm³/mol. The molecule has 0 aliphatic heterocycles. The predicted octanol–water partition coefficient (Wildman–Crippen LogP) is 2.87. The number of benzene rings is 1. The molecule has 4 heteroatoms. The minimum atomic E-state index is -0.198. The first-order valence-corrected chi connectivity index (χ1v) is 6.69. The maximum Gasteiger partial charge on any atom is 0.288 e. The number of nitrogens with zero attached hydrogens (tertiary/aromatic N) is 2. The fourth-order valence-corrected chi connectivity index (χ4v) is 1.90. The van der Waals surface area contributed by atoms with Crippen molar-refractivity contribution in [2.75, 3.05) is 11.6 Å². The Bertz CT molecular complexity index is 593. The first kappa shape index (κ1) is 14.1. The third kappa shape index (κ3) is 3.35. The number of hydrazine groups is 1. The van der Waals surface area contributed by atoms with Crippen molar-refractivity contribution in [3.63, 3.8) is 0 Å². The fraction of sp³-hybridized carbons (Fsp3) is 0.250. The highest BCUT2D eigenvalue weighted by molar-refractivity contribution is 5.93. The number of rotatable bonds is 4. The van der Waals surface area contributed by atoms with E-state index in [0.717, 1.165) is 11.4 Å². The molecule has 1 aromatic carbocycles. The average Bonchev–Trinajstić information content (AvgIpc) is 2.45. The van der Waals surface area contributed by atoms with Crippen molar-refractivity contribution in [2.24, 2.45) is 0 Å². The molecule has 1 N–H and O–H groups in total. The molecule has 1 amide bonds. The first-order chi connectivity index (χ1) is 9.60. The van der Waals surface area contributed by atoms with Gasteiger partial charge in [0, 0.05) is 12.2 Å². The maximum atomic E-state index is 12.2. The van der Waals surface area contributed by atoms with Crippen molar-refractivity contribution in [3.8, 4) is 0 Å². The van der Waals surface area contributed by atoms with Crippen LogP contribution in [0.4, 0.5) is 5.69 Å². The minimum absolute atomic E-state index is 0.198. The van der Waals surface area contributed by atoms with Gasteiger partial charge in [0.15, 0.2) is 0 Å². The van der Waals surface area contributed by atoms with Crippen LogP contribution >= 0.6 is 0 Å². The van der Waals surface area contributed by atoms with E-state index in [-0.39, 0.29) is 5.91 Å². The third-order valence-electron chi connectivity index (χ3n) is 3.02. The molecule has 0 atom stereocenters. The number of nitrogens with one attached hydrogen (secondary N) is 1. The number of aromatic nitrogens is 1. The third-order valence-corrected chi connectivity index (χ3v) is 3.02. The quantitative estimate of drug-likeness (QED) is 0.868. The number of carbonyl (C=O) groups is 1. The highest BCUT2D eigenvalue weighted by atomic mass is 16.2. The summed E-state index contributed by atoms with van der Waals surface area (Å²) in [6.45, 7) is 6.58. The lowest BCUT2D eigenvalue weighted by Crippen LogP contribution is -2.42. The summed E-state index contributed by atoms with van der Waals surface area (Å²) in [5.74, 6) is -0.198. The van der Waals surface area contributed by atoms with Crippen LogP contribution in [0, 0.1) is 13.8 Å². The monoisotopic (exact) mass is 269 g/mol. The van der Waals surface area contributed by atoms with E-state index >= 15 is 0 Å². The zero-order chi connectivity index (χ0) is 14.5. The van der Waals surface area contributed by atoms with Gasteiger partial charge < -0.3 is 0 Å². The van der Waals surface area contributed by atoms with E-state index < -0.39 is 0 Å². The summed E-state index contributed by atoms with van der Waals surface area (Å²) in [7, 11) is 0. The Labute approximate surface area is 119 Å². The van der Waals surface area contributed by atoms with E-state index in [9.17, 15) is 4.79 Å². The van der Waals surface area contributed by atoms with Crippen molar-refractivity contribution in [3.05, 3.63) is 59.4 Å². The molecule has 20 heavy (non-hydrogen) atoms. The largest absolute Gasteiger partial charge is 0.288 e. The van der Waals surface area contributed by atoms with Gasteiger partial charge in [0.1, 0.15) is 5.69 Å². The van der Waals surface area contributed by atoms with Gasteiger partial charge in [-0.2, -0.15) is 0 Å². The smallest absolute Gasteiger partial charge is 0.286 e. The Balaban J connectivity index is 2.14. The van der Waals surface area contributed by atoms with Crippen molar-refractivity contribution in [1.29, 1.82) is 0 Å². The summed E-state index contributed by atoms with van der Waals surface area (Å²) in [5, 5.41) is 1.81. The van der Waals surface area contributed by atoms with Crippen LogP contribution in [-0.2, 0) is 0 Å². The molecule has 0 bridgehead atoms. The highest BCUT2D eigenvalue weighted by Gasteiger charge is 2.11. The van der Waals surface area contributed by atoms with Crippen molar-refractivity contribution < 1.29 is 4.79 Å². The Morgan fingerprint density at radius 2 is 1.85 bits per heavy atom. The van der Waals surface area contributed by atoms with Crippen LogP contribution in [-0.4, -0.2) is 17.4 Å². The number of anilines is 1. The molecule has 1 heterocycles. The van der Waals surface area contributed by atoms with Crippen LogP contribution < -0.4 is 10.4 Å². The average molecular weight is 269 g/mol. The van der Waals surface area contributed by atoms with Crippen LogP contribution in [0.1, 0.15) is 28.7 Å². The molecule has 0 radical (unpaired) electrons. The molecule has 0 aliphatic carbocycles. The molecule has 0 aliphatic rings. The minimum Gasteiger partial charge on any atom is -0.286 e. The number of hydrogen-bond acceptors (Lipinski definition) is 3. The first-order valence-electron chi connectivity index (χ1n) is 6.69. The van der Waals surface area contributed by atoms with Gasteiger partial charge in [-0.05, 0) is 45.0 Å². The zero-order valence-electron chi connectivity index (χ0n) is 12.1. The van der Waals surface area contributed by atoms with E-state index in [1.165, 1.54) is 5.56 Å². The van der Waals surface area contributed by atoms with Crippen molar-refractivity contribution in [1.82, 2.24) is 10.4 Å². The normalized spacial score (nSPS) is 10.2. The van der Waals surface area contributed by atoms with Gasteiger partial charge in [-0.1, -0.05) is 23.8 Å². The number of carbonyl (C=O) groups excluding carboxylic acids is 1. The van der Waals surface area contributed by atoms with Crippen molar-refractivity contribution in [2.45, 2.75) is 20.8 Å². The van der Waals surface area contributed by atoms with Crippen LogP contribution in [0.2, 0.25) is 0 Å². The van der Waals surface area contributed by atoms with E-state index in [2.05, 4.69) is 10.4 Å². The summed E-state index contributed by atoms with van der Waals surface area (Å²) in [6, 6.07) is 13.4. The van der Waals surface area contributed by atoms with Crippen molar-refractivity contribution >= 4 is 11.6 Å². The second-order valence-electron chi connectivity index (χ2n) is 4.68. The summed E-state index contributed by atoms with van der Waals surface area (Å²) in [5.41, 5.74) is 6.28. The summed E-state index contributed by atoms with van der Waals surface area (Å²) >= 11 is 0. The summed E-state index contributed by atoms with van der Waals surface area (Å²) in [6.07, 6.45) is 0. The Morgan fingerprint density at radius 1 is 1.15 bits per heavy atom. The topological polar surface area (TPSA) is 45.2 Å². The lowest BCUT2D eigenvalue weighted by atomic mass is 10.2. The Kier molecular flexibility index (Phi) is 4.35. The van der Waals surface area contributed by atoms with Gasteiger partial charge in [0.2, 0.25) is 0 Å². The second kappa shape index (κ2) is 6.19. The molecule has 0 spiro atoms. The molecule has 0 fully saturated rings. The number of aryl methyl sites for hydroxylation is 2. The highest BCUT2D eigenvalue weighted by Crippen LogP contribution is 2.13. The summed E-state index contributed by atoms with van der Waals surface area (Å²) in [4.78, 5) is 16.4. The molecule has 1 aromatic heterocycles. The molecule has 2 aromatic rings. The molecule has 4 nitrogen and oxygen atoms in total. The van der Waals surface area contributed by atoms with E-state index in [1.807, 2.05) is 62.2 Å². The van der Waals surface area contributed by atoms with Gasteiger partial charge in [-0.25, -0.2) is 4.98 Å². The molecule has 2 rings (SSSR count). The Morgan fingerprint density at radius 3 is 2.45 bits per heavy atom.